The van der Waals surface area contributed by atoms with E-state index in [4.69, 9.17) is 0 Å². The summed E-state index contributed by atoms with van der Waals surface area (Å²) in [5.41, 5.74) is 0.188. The lowest BCUT2D eigenvalue weighted by Gasteiger charge is -2.40. The maximum absolute atomic E-state index is 13.4. The van der Waals surface area contributed by atoms with Crippen LogP contribution in [0.2, 0.25) is 0 Å². The summed E-state index contributed by atoms with van der Waals surface area (Å²) in [7, 11) is 1.76. The highest BCUT2D eigenvalue weighted by Crippen LogP contribution is 2.50. The molecule has 1 N–H and O–H groups in total. The molecular weight excluding hydrogens is 344 g/mol. The minimum atomic E-state index is -0.770. The van der Waals surface area contributed by atoms with E-state index in [0.29, 0.717) is 32.4 Å². The molecular formula is C21H26N2O4. The maximum Gasteiger partial charge on any atom is 0.311 e. The molecule has 144 valence electrons. The summed E-state index contributed by atoms with van der Waals surface area (Å²) in [6.45, 7) is 0.836. The van der Waals surface area contributed by atoms with Gasteiger partial charge in [0, 0.05) is 26.6 Å². The molecule has 0 spiro atoms. The van der Waals surface area contributed by atoms with Crippen LogP contribution in [-0.4, -0.2) is 52.8 Å². The van der Waals surface area contributed by atoms with Gasteiger partial charge in [-0.1, -0.05) is 36.8 Å². The Balaban J connectivity index is 1.60. The number of carbonyl (C=O) groups is 3. The van der Waals surface area contributed by atoms with Gasteiger partial charge in [-0.3, -0.25) is 14.4 Å². The quantitative estimate of drug-likeness (QED) is 0.886. The van der Waals surface area contributed by atoms with Gasteiger partial charge in [-0.2, -0.15) is 0 Å². The molecule has 2 aliphatic heterocycles. The molecule has 2 heterocycles. The molecule has 2 saturated heterocycles. The van der Waals surface area contributed by atoms with Gasteiger partial charge < -0.3 is 14.9 Å². The number of carbonyl (C=O) groups excluding carboxylic acids is 2. The van der Waals surface area contributed by atoms with Crippen LogP contribution in [0.3, 0.4) is 0 Å². The van der Waals surface area contributed by atoms with E-state index in [1.165, 1.54) is 0 Å². The van der Waals surface area contributed by atoms with Crippen molar-refractivity contribution in [3.8, 4) is 0 Å². The van der Waals surface area contributed by atoms with Crippen LogP contribution in [0.15, 0.2) is 30.3 Å². The molecule has 2 amide bonds. The molecule has 0 radical (unpaired) electrons. The Kier molecular flexibility index (Phi) is 4.44. The van der Waals surface area contributed by atoms with E-state index in [1.54, 1.807) is 16.8 Å². The van der Waals surface area contributed by atoms with Crippen molar-refractivity contribution in [2.24, 2.45) is 17.3 Å². The van der Waals surface area contributed by atoms with Crippen LogP contribution >= 0.6 is 0 Å². The topological polar surface area (TPSA) is 77.9 Å². The largest absolute Gasteiger partial charge is 0.481 e. The molecule has 1 aromatic rings. The van der Waals surface area contributed by atoms with Crippen LogP contribution in [0.4, 0.5) is 0 Å². The van der Waals surface area contributed by atoms with E-state index in [9.17, 15) is 19.5 Å². The molecule has 3 aliphatic rings. The van der Waals surface area contributed by atoms with Gasteiger partial charge in [0.15, 0.2) is 0 Å². The third-order valence-electron chi connectivity index (χ3n) is 6.93. The number of carboxylic acid groups (broad SMARTS) is 1. The van der Waals surface area contributed by atoms with Gasteiger partial charge in [-0.25, -0.2) is 0 Å². The first kappa shape index (κ1) is 18.0. The van der Waals surface area contributed by atoms with Crippen LogP contribution in [0.25, 0.3) is 0 Å². The first-order chi connectivity index (χ1) is 12.9. The van der Waals surface area contributed by atoms with Crippen LogP contribution < -0.4 is 0 Å². The standard InChI is InChI=1S/C21H26N2O4/c1-22-17(24)10-9-16(18(22)14-6-3-2-4-7-14)19(25)23-12-15-8-5-11-21(15,13-23)20(26)27/h2-4,6-7,15-16,18H,5,8-13H2,1H3,(H,26,27)/t15-,16?,18?,21+/m0/s1. The first-order valence-corrected chi connectivity index (χ1v) is 9.77. The van der Waals surface area contributed by atoms with Crippen molar-refractivity contribution < 1.29 is 19.5 Å². The summed E-state index contributed by atoms with van der Waals surface area (Å²) in [4.78, 5) is 41.1. The lowest BCUT2D eigenvalue weighted by Crippen LogP contribution is -2.48. The number of hydrogen-bond acceptors (Lipinski definition) is 3. The Bertz CT molecular complexity index is 765. The lowest BCUT2D eigenvalue weighted by atomic mass is 9.81. The molecule has 0 bridgehead atoms. The number of amides is 2. The van der Waals surface area contributed by atoms with Crippen molar-refractivity contribution in [2.45, 2.75) is 38.1 Å². The number of piperidine rings is 1. The predicted octanol–water partition coefficient (Wildman–Crippen LogP) is 2.31. The number of aliphatic carboxylic acids is 1. The van der Waals surface area contributed by atoms with Crippen molar-refractivity contribution in [3.05, 3.63) is 35.9 Å². The fourth-order valence-electron chi connectivity index (χ4n) is 5.44. The van der Waals surface area contributed by atoms with Gasteiger partial charge in [-0.05, 0) is 30.7 Å². The summed E-state index contributed by atoms with van der Waals surface area (Å²) in [6, 6.07) is 9.38. The Morgan fingerprint density at radius 3 is 2.59 bits per heavy atom. The minimum Gasteiger partial charge on any atom is -0.481 e. The van der Waals surface area contributed by atoms with Crippen molar-refractivity contribution in [1.82, 2.24) is 9.80 Å². The summed E-state index contributed by atoms with van der Waals surface area (Å²) < 4.78 is 0. The Hall–Kier alpha value is -2.37. The molecule has 4 atom stereocenters. The van der Waals surface area contributed by atoms with Gasteiger partial charge in [0.2, 0.25) is 11.8 Å². The third-order valence-corrected chi connectivity index (χ3v) is 6.93. The molecule has 1 saturated carbocycles. The van der Waals surface area contributed by atoms with E-state index in [2.05, 4.69) is 0 Å². The second-order valence-corrected chi connectivity index (χ2v) is 8.27. The second kappa shape index (κ2) is 6.66. The zero-order chi connectivity index (χ0) is 19.2. The zero-order valence-electron chi connectivity index (χ0n) is 15.6. The molecule has 1 aromatic carbocycles. The van der Waals surface area contributed by atoms with Gasteiger partial charge in [0.1, 0.15) is 0 Å². The fourth-order valence-corrected chi connectivity index (χ4v) is 5.44. The molecule has 27 heavy (non-hydrogen) atoms. The highest BCUT2D eigenvalue weighted by atomic mass is 16.4. The van der Waals surface area contributed by atoms with Gasteiger partial charge in [0.25, 0.3) is 0 Å². The van der Waals surface area contributed by atoms with Crippen LogP contribution in [0, 0.1) is 17.3 Å². The van der Waals surface area contributed by atoms with Crippen LogP contribution in [0.1, 0.15) is 43.7 Å². The van der Waals surface area contributed by atoms with Crippen LogP contribution in [-0.2, 0) is 14.4 Å². The molecule has 1 aliphatic carbocycles. The van der Waals surface area contributed by atoms with E-state index >= 15 is 0 Å². The first-order valence-electron chi connectivity index (χ1n) is 9.77. The Morgan fingerprint density at radius 1 is 1.19 bits per heavy atom. The fraction of sp³-hybridized carbons (Fsp3) is 0.571. The molecule has 2 unspecified atom stereocenters. The lowest BCUT2D eigenvalue weighted by molar-refractivity contribution is -0.150. The highest BCUT2D eigenvalue weighted by Gasteiger charge is 2.56. The summed E-state index contributed by atoms with van der Waals surface area (Å²) >= 11 is 0. The van der Waals surface area contributed by atoms with Gasteiger partial charge >= 0.3 is 5.97 Å². The minimum absolute atomic E-state index is 0.00164. The van der Waals surface area contributed by atoms with Crippen molar-refractivity contribution in [2.75, 3.05) is 20.1 Å². The van der Waals surface area contributed by atoms with Crippen LogP contribution in [0.5, 0.6) is 0 Å². The summed E-state index contributed by atoms with van der Waals surface area (Å²) in [5, 5.41) is 9.80. The maximum atomic E-state index is 13.4. The number of likely N-dealkylation sites (tertiary alicyclic amines) is 2. The molecule has 6 heteroatoms. The number of carboxylic acids is 1. The smallest absolute Gasteiger partial charge is 0.311 e. The molecule has 6 nitrogen and oxygen atoms in total. The van der Waals surface area contributed by atoms with Crippen molar-refractivity contribution in [3.63, 3.8) is 0 Å². The Morgan fingerprint density at radius 2 is 1.93 bits per heavy atom. The average Bonchev–Trinajstić information content (AvgIpc) is 3.22. The number of fused-ring (bicyclic) bond motifs is 1. The van der Waals surface area contributed by atoms with Gasteiger partial charge in [0.05, 0.1) is 17.4 Å². The summed E-state index contributed by atoms with van der Waals surface area (Å²) in [5.74, 6) is -0.987. The third kappa shape index (κ3) is 2.82. The highest BCUT2D eigenvalue weighted by molar-refractivity contribution is 5.86. The number of hydrogen-bond donors (Lipinski definition) is 1. The zero-order valence-corrected chi connectivity index (χ0v) is 15.6. The van der Waals surface area contributed by atoms with E-state index in [-0.39, 0.29) is 29.7 Å². The average molecular weight is 370 g/mol. The normalized spacial score (nSPS) is 33.2. The second-order valence-electron chi connectivity index (χ2n) is 8.27. The Labute approximate surface area is 159 Å². The molecule has 3 fully saturated rings. The molecule has 4 rings (SSSR count). The van der Waals surface area contributed by atoms with E-state index in [0.717, 1.165) is 18.4 Å². The van der Waals surface area contributed by atoms with E-state index in [1.807, 2.05) is 30.3 Å². The molecule has 0 aromatic heterocycles. The number of benzene rings is 1. The SMILES string of the molecule is CN1C(=O)CCC(C(=O)N2C[C@@H]3CCC[C@@]3(C(=O)O)C2)C1c1ccccc1. The van der Waals surface area contributed by atoms with E-state index < -0.39 is 11.4 Å². The van der Waals surface area contributed by atoms with Gasteiger partial charge in [-0.15, -0.1) is 0 Å². The van der Waals surface area contributed by atoms with Crippen molar-refractivity contribution >= 4 is 17.8 Å². The monoisotopic (exact) mass is 370 g/mol. The summed E-state index contributed by atoms with van der Waals surface area (Å²) in [6.07, 6.45) is 3.33. The predicted molar refractivity (Wildman–Crippen MR) is 98.7 cm³/mol. The number of nitrogens with zero attached hydrogens (tertiary/aromatic N) is 2. The van der Waals surface area contributed by atoms with Crippen molar-refractivity contribution in [1.29, 1.82) is 0 Å². The number of rotatable bonds is 3.